The number of hydrogen-bond donors (Lipinski definition) is 1. The summed E-state index contributed by atoms with van der Waals surface area (Å²) in [6.07, 6.45) is 4.10. The predicted molar refractivity (Wildman–Crippen MR) is 127 cm³/mol. The Balaban J connectivity index is 1.64. The average molecular weight is 454 g/mol. The Morgan fingerprint density at radius 1 is 1.19 bits per heavy atom. The normalized spacial score (nSPS) is 11.1. The zero-order valence-corrected chi connectivity index (χ0v) is 19.2. The van der Waals surface area contributed by atoms with E-state index < -0.39 is 0 Å². The van der Waals surface area contributed by atoms with Gasteiger partial charge in [-0.2, -0.15) is 0 Å². The van der Waals surface area contributed by atoms with E-state index in [-0.39, 0.29) is 5.43 Å². The minimum absolute atomic E-state index is 0.110. The molecule has 0 fully saturated rings. The maximum Gasteiger partial charge on any atom is 0.223 e. The van der Waals surface area contributed by atoms with E-state index in [0.29, 0.717) is 18.1 Å². The smallest absolute Gasteiger partial charge is 0.223 e. The summed E-state index contributed by atoms with van der Waals surface area (Å²) in [6.45, 7) is 4.64. The van der Waals surface area contributed by atoms with Crippen molar-refractivity contribution >= 4 is 33.3 Å². The van der Waals surface area contributed by atoms with E-state index in [2.05, 4.69) is 34.0 Å². The summed E-state index contributed by atoms with van der Waals surface area (Å²) in [5.41, 5.74) is 2.96. The van der Waals surface area contributed by atoms with Crippen LogP contribution in [0.2, 0.25) is 0 Å². The van der Waals surface area contributed by atoms with E-state index in [4.69, 9.17) is 9.47 Å². The van der Waals surface area contributed by atoms with Crippen molar-refractivity contribution in [3.05, 3.63) is 63.7 Å². The molecule has 0 aliphatic rings. The van der Waals surface area contributed by atoms with E-state index >= 15 is 0 Å². The first-order chi connectivity index (χ1) is 15.1. The molecule has 160 valence electrons. The van der Waals surface area contributed by atoms with Crippen molar-refractivity contribution in [3.8, 4) is 22.6 Å². The highest BCUT2D eigenvalue weighted by atomic mass is 32.2. The van der Waals surface area contributed by atoms with Gasteiger partial charge in [0.2, 0.25) is 5.43 Å². The maximum atomic E-state index is 12.3. The molecule has 1 N–H and O–H groups in total. The van der Waals surface area contributed by atoms with Crippen molar-refractivity contribution in [2.75, 3.05) is 13.7 Å². The van der Waals surface area contributed by atoms with Crippen LogP contribution in [0, 0.1) is 6.92 Å². The molecule has 4 aromatic rings. The van der Waals surface area contributed by atoms with Crippen molar-refractivity contribution in [3.63, 3.8) is 0 Å². The van der Waals surface area contributed by atoms with Crippen LogP contribution in [0.3, 0.4) is 0 Å². The molecule has 4 rings (SSSR count). The van der Waals surface area contributed by atoms with Crippen molar-refractivity contribution in [1.82, 2.24) is 15.0 Å². The summed E-state index contributed by atoms with van der Waals surface area (Å²) in [4.78, 5) is 26.6. The van der Waals surface area contributed by atoms with Gasteiger partial charge in [-0.25, -0.2) is 9.97 Å². The van der Waals surface area contributed by atoms with Gasteiger partial charge in [-0.3, -0.25) is 4.79 Å². The fourth-order valence-corrected chi connectivity index (χ4v) is 5.29. The van der Waals surface area contributed by atoms with Gasteiger partial charge in [-0.05, 0) is 31.0 Å². The van der Waals surface area contributed by atoms with Crippen LogP contribution in [0.4, 0.5) is 0 Å². The second-order valence-electron chi connectivity index (χ2n) is 6.94. The fraction of sp³-hybridized carbons (Fsp3) is 0.261. The summed E-state index contributed by atoms with van der Waals surface area (Å²) in [6, 6.07) is 9.63. The lowest BCUT2D eigenvalue weighted by Gasteiger charge is -2.08. The minimum Gasteiger partial charge on any atom is -0.497 e. The van der Waals surface area contributed by atoms with Gasteiger partial charge in [0.05, 0.1) is 19.1 Å². The molecule has 3 heterocycles. The highest BCUT2D eigenvalue weighted by molar-refractivity contribution is 7.98. The molecule has 0 aliphatic heterocycles. The number of aromatic nitrogens is 3. The van der Waals surface area contributed by atoms with Gasteiger partial charge >= 0.3 is 0 Å². The lowest BCUT2D eigenvalue weighted by atomic mass is 10.0. The van der Waals surface area contributed by atoms with Gasteiger partial charge in [0.25, 0.3) is 0 Å². The summed E-state index contributed by atoms with van der Waals surface area (Å²) in [5, 5.41) is 1.94. The number of rotatable bonds is 8. The Hall–Kier alpha value is -2.84. The largest absolute Gasteiger partial charge is 0.497 e. The quantitative estimate of drug-likeness (QED) is 0.283. The Kier molecular flexibility index (Phi) is 6.58. The van der Waals surface area contributed by atoms with Gasteiger partial charge in [0.1, 0.15) is 21.9 Å². The summed E-state index contributed by atoms with van der Waals surface area (Å²) < 4.78 is 10.8. The number of nitrogens with one attached hydrogen (secondary N) is 1. The molecule has 0 radical (unpaired) electrons. The van der Waals surface area contributed by atoms with Crippen molar-refractivity contribution in [1.29, 1.82) is 0 Å². The molecule has 1 aromatic carbocycles. The molecule has 0 atom stereocenters. The maximum absolute atomic E-state index is 12.3. The second kappa shape index (κ2) is 9.53. The van der Waals surface area contributed by atoms with Crippen LogP contribution in [0.25, 0.3) is 21.3 Å². The van der Waals surface area contributed by atoms with Crippen LogP contribution < -0.4 is 14.9 Å². The number of H-pyrrole nitrogens is 1. The average Bonchev–Trinajstić information content (AvgIpc) is 3.13. The summed E-state index contributed by atoms with van der Waals surface area (Å²) in [7, 11) is 1.66. The molecule has 3 aromatic heterocycles. The third kappa shape index (κ3) is 4.60. The number of pyridine rings is 1. The van der Waals surface area contributed by atoms with Crippen LogP contribution in [0.5, 0.6) is 11.5 Å². The number of thiophene rings is 1. The van der Waals surface area contributed by atoms with E-state index in [1.807, 2.05) is 19.1 Å². The molecular formula is C23H23N3O3S2. The SMILES string of the molecule is CCCOc1c[nH]c(CSc2ncnc3sc(C)c(-c4ccc(OC)cc4)c23)cc1=O. The molecule has 6 nitrogen and oxygen atoms in total. The molecule has 0 spiro atoms. The number of hydrogen-bond acceptors (Lipinski definition) is 7. The first-order valence-electron chi connectivity index (χ1n) is 9.96. The van der Waals surface area contributed by atoms with Crippen molar-refractivity contribution in [2.24, 2.45) is 0 Å². The van der Waals surface area contributed by atoms with Gasteiger partial charge in [0.15, 0.2) is 5.75 Å². The summed E-state index contributed by atoms with van der Waals surface area (Å²) in [5.74, 6) is 1.77. The van der Waals surface area contributed by atoms with Crippen LogP contribution in [0.1, 0.15) is 23.9 Å². The third-order valence-electron chi connectivity index (χ3n) is 4.77. The molecule has 0 unspecified atom stereocenters. The Bertz CT molecular complexity index is 1250. The van der Waals surface area contributed by atoms with Gasteiger partial charge < -0.3 is 14.5 Å². The standard InChI is InChI=1S/C23H23N3O3S2/c1-4-9-29-19-11-24-16(10-18(19)27)12-30-22-21-20(14(2)31-23(21)26-13-25-22)15-5-7-17(28-3)8-6-15/h5-8,10-11,13H,4,9,12H2,1-3H3,(H,24,27). The highest BCUT2D eigenvalue weighted by Crippen LogP contribution is 2.42. The number of nitrogens with zero attached hydrogens (tertiary/aromatic N) is 2. The monoisotopic (exact) mass is 453 g/mol. The second-order valence-corrected chi connectivity index (χ2v) is 9.11. The van der Waals surface area contributed by atoms with E-state index in [1.165, 1.54) is 4.88 Å². The molecule has 0 amide bonds. The Morgan fingerprint density at radius 3 is 2.71 bits per heavy atom. The van der Waals surface area contributed by atoms with E-state index in [1.54, 1.807) is 48.8 Å². The number of fused-ring (bicyclic) bond motifs is 1. The van der Waals surface area contributed by atoms with Gasteiger partial charge in [-0.15, -0.1) is 11.3 Å². The molecule has 8 heteroatoms. The van der Waals surface area contributed by atoms with Crippen LogP contribution in [-0.2, 0) is 5.75 Å². The Labute approximate surface area is 188 Å². The molecule has 31 heavy (non-hydrogen) atoms. The fourth-order valence-electron chi connectivity index (χ4n) is 3.29. The third-order valence-corrected chi connectivity index (χ3v) is 6.82. The van der Waals surface area contributed by atoms with E-state index in [0.717, 1.165) is 44.2 Å². The lowest BCUT2D eigenvalue weighted by molar-refractivity contribution is 0.313. The highest BCUT2D eigenvalue weighted by Gasteiger charge is 2.17. The first-order valence-corrected chi connectivity index (χ1v) is 11.8. The zero-order chi connectivity index (χ0) is 21.8. The number of aryl methyl sites for hydroxylation is 1. The van der Waals surface area contributed by atoms with Gasteiger partial charge in [-0.1, -0.05) is 30.8 Å². The number of ether oxygens (including phenoxy) is 2. The first kappa shape index (κ1) is 21.4. The van der Waals surface area contributed by atoms with E-state index in [9.17, 15) is 4.79 Å². The zero-order valence-electron chi connectivity index (χ0n) is 17.6. The molecule has 0 aliphatic carbocycles. The molecule has 0 bridgehead atoms. The summed E-state index contributed by atoms with van der Waals surface area (Å²) >= 11 is 3.25. The van der Waals surface area contributed by atoms with Gasteiger partial charge in [0, 0.05) is 34.2 Å². The molecular weight excluding hydrogens is 430 g/mol. The van der Waals surface area contributed by atoms with Crippen LogP contribution in [0.15, 0.2) is 52.7 Å². The van der Waals surface area contributed by atoms with Crippen molar-refractivity contribution < 1.29 is 9.47 Å². The van der Waals surface area contributed by atoms with Crippen LogP contribution in [-0.4, -0.2) is 28.7 Å². The Morgan fingerprint density at radius 2 is 2.00 bits per heavy atom. The predicted octanol–water partition coefficient (Wildman–Crippen LogP) is 5.44. The lowest BCUT2D eigenvalue weighted by Crippen LogP contribution is -2.09. The van der Waals surface area contributed by atoms with Crippen LogP contribution >= 0.6 is 23.1 Å². The number of methoxy groups -OCH3 is 1. The number of benzene rings is 1. The number of aromatic amines is 1. The minimum atomic E-state index is -0.110. The number of thioether (sulfide) groups is 1. The molecule has 0 saturated carbocycles. The van der Waals surface area contributed by atoms with Crippen molar-refractivity contribution in [2.45, 2.75) is 31.0 Å². The molecule has 0 saturated heterocycles. The topological polar surface area (TPSA) is 77.1 Å².